The second-order valence-electron chi connectivity index (χ2n) is 5.91. The van der Waals surface area contributed by atoms with Crippen LogP contribution in [-0.2, 0) is 13.0 Å². The predicted molar refractivity (Wildman–Crippen MR) is 82.2 cm³/mol. The average Bonchev–Trinajstić information content (AvgIpc) is 2.53. The van der Waals surface area contributed by atoms with E-state index in [1.807, 2.05) is 0 Å². The Morgan fingerprint density at radius 3 is 3.20 bits per heavy atom. The molecule has 1 aromatic rings. The van der Waals surface area contributed by atoms with Crippen molar-refractivity contribution in [3.8, 4) is 5.75 Å². The van der Waals surface area contributed by atoms with Gasteiger partial charge in [-0.15, -0.1) is 0 Å². The van der Waals surface area contributed by atoms with E-state index in [0.29, 0.717) is 6.04 Å². The van der Waals surface area contributed by atoms with Gasteiger partial charge in [-0.1, -0.05) is 25.5 Å². The van der Waals surface area contributed by atoms with Gasteiger partial charge in [0.2, 0.25) is 0 Å². The minimum absolute atomic E-state index is 0.598. The van der Waals surface area contributed by atoms with Gasteiger partial charge in [0.05, 0.1) is 0 Å². The maximum absolute atomic E-state index is 6.19. The highest BCUT2D eigenvalue weighted by Crippen LogP contribution is 2.26. The molecule has 3 rings (SSSR count). The van der Waals surface area contributed by atoms with Crippen LogP contribution in [0.1, 0.15) is 37.3 Å². The third-order valence-corrected chi connectivity index (χ3v) is 4.69. The topological polar surface area (TPSA) is 24.5 Å². The highest BCUT2D eigenvalue weighted by Gasteiger charge is 2.22. The number of ether oxygens (including phenoxy) is 1. The molecule has 0 amide bonds. The number of likely N-dealkylation sites (tertiary alicyclic amines) is 1. The molecule has 1 aromatic carbocycles. The van der Waals surface area contributed by atoms with Crippen molar-refractivity contribution in [2.45, 2.75) is 45.2 Å². The molecule has 0 radical (unpaired) electrons. The zero-order chi connectivity index (χ0) is 13.8. The lowest BCUT2D eigenvalue weighted by molar-refractivity contribution is 0.105. The van der Waals surface area contributed by atoms with Crippen LogP contribution >= 0.6 is 0 Å². The number of likely N-dealkylation sites (N-methyl/N-ethyl adjacent to an activating group) is 1. The summed E-state index contributed by atoms with van der Waals surface area (Å²) in [6, 6.07) is 7.10. The van der Waals surface area contributed by atoms with Crippen LogP contribution in [-0.4, -0.2) is 37.2 Å². The van der Waals surface area contributed by atoms with Gasteiger partial charge in [-0.2, -0.15) is 0 Å². The van der Waals surface area contributed by atoms with Gasteiger partial charge in [-0.25, -0.2) is 0 Å². The molecular formula is C17H26N2O. The molecule has 0 bridgehead atoms. The van der Waals surface area contributed by atoms with Crippen molar-refractivity contribution in [3.05, 3.63) is 29.3 Å². The molecule has 1 atom stereocenters. The molecule has 3 heteroatoms. The molecule has 20 heavy (non-hydrogen) atoms. The summed E-state index contributed by atoms with van der Waals surface area (Å²) in [6.07, 6.45) is 5.09. The first-order valence-corrected chi connectivity index (χ1v) is 8.07. The molecule has 1 unspecified atom stereocenters. The molecule has 0 aliphatic carbocycles. The fraction of sp³-hybridized carbons (Fsp3) is 0.647. The van der Waals surface area contributed by atoms with Crippen LogP contribution in [0.15, 0.2) is 18.2 Å². The largest absolute Gasteiger partial charge is 0.492 e. The van der Waals surface area contributed by atoms with E-state index < -0.39 is 0 Å². The number of piperidine rings is 1. The second-order valence-corrected chi connectivity index (χ2v) is 5.91. The van der Waals surface area contributed by atoms with Gasteiger partial charge in [0, 0.05) is 18.2 Å². The monoisotopic (exact) mass is 274 g/mol. The fourth-order valence-corrected chi connectivity index (χ4v) is 3.47. The molecule has 1 saturated heterocycles. The molecule has 1 N–H and O–H groups in total. The van der Waals surface area contributed by atoms with Gasteiger partial charge in [-0.05, 0) is 50.5 Å². The van der Waals surface area contributed by atoms with Crippen molar-refractivity contribution >= 4 is 0 Å². The molecule has 0 saturated carbocycles. The summed E-state index contributed by atoms with van der Waals surface area (Å²) in [6.45, 7) is 7.51. The van der Waals surface area contributed by atoms with E-state index in [0.717, 1.165) is 38.4 Å². The number of hydrogen-bond acceptors (Lipinski definition) is 3. The van der Waals surface area contributed by atoms with Crippen molar-refractivity contribution < 1.29 is 4.74 Å². The molecule has 2 aliphatic heterocycles. The molecule has 1 fully saturated rings. The lowest BCUT2D eigenvalue weighted by Gasteiger charge is -2.34. The van der Waals surface area contributed by atoms with Crippen molar-refractivity contribution in [2.75, 3.05) is 26.2 Å². The molecule has 3 nitrogen and oxygen atoms in total. The Labute approximate surface area is 122 Å². The molecule has 0 spiro atoms. The predicted octanol–water partition coefficient (Wildman–Crippen LogP) is 2.59. The molecular weight excluding hydrogens is 248 g/mol. The minimum atomic E-state index is 0.598. The summed E-state index contributed by atoms with van der Waals surface area (Å²) in [7, 11) is 0. The molecule has 0 aromatic heterocycles. The number of nitrogens with zero attached hydrogens (tertiary/aromatic N) is 1. The first-order valence-electron chi connectivity index (χ1n) is 8.07. The van der Waals surface area contributed by atoms with E-state index in [4.69, 9.17) is 4.74 Å². The van der Waals surface area contributed by atoms with Crippen LogP contribution < -0.4 is 10.1 Å². The van der Waals surface area contributed by atoms with E-state index in [1.165, 1.54) is 36.9 Å². The summed E-state index contributed by atoms with van der Waals surface area (Å²) in [4.78, 5) is 2.57. The second kappa shape index (κ2) is 6.59. The number of benzene rings is 1. The van der Waals surface area contributed by atoms with Crippen LogP contribution in [0.2, 0.25) is 0 Å². The first-order chi connectivity index (χ1) is 9.88. The van der Waals surface area contributed by atoms with Gasteiger partial charge in [0.1, 0.15) is 12.4 Å². The Hall–Kier alpha value is -1.06. The maximum atomic E-state index is 6.19. The number of hydrogen-bond donors (Lipinski definition) is 1. The van der Waals surface area contributed by atoms with E-state index in [1.54, 1.807) is 0 Å². The third kappa shape index (κ3) is 2.99. The van der Waals surface area contributed by atoms with Crippen LogP contribution in [0.25, 0.3) is 0 Å². The highest BCUT2D eigenvalue weighted by atomic mass is 16.5. The van der Waals surface area contributed by atoms with Crippen molar-refractivity contribution in [1.82, 2.24) is 10.2 Å². The number of fused-ring (bicyclic) bond motifs is 1. The van der Waals surface area contributed by atoms with Crippen LogP contribution in [0.3, 0.4) is 0 Å². The van der Waals surface area contributed by atoms with E-state index in [9.17, 15) is 0 Å². The van der Waals surface area contributed by atoms with Gasteiger partial charge >= 0.3 is 0 Å². The maximum Gasteiger partial charge on any atom is 0.124 e. The van der Waals surface area contributed by atoms with Gasteiger partial charge in [0.15, 0.2) is 0 Å². The fourth-order valence-electron chi connectivity index (χ4n) is 3.47. The van der Waals surface area contributed by atoms with Crippen molar-refractivity contribution in [1.29, 1.82) is 0 Å². The average molecular weight is 274 g/mol. The zero-order valence-corrected chi connectivity index (χ0v) is 12.5. The normalized spacial score (nSPS) is 23.4. The van der Waals surface area contributed by atoms with Crippen molar-refractivity contribution in [2.24, 2.45) is 0 Å². The van der Waals surface area contributed by atoms with Crippen LogP contribution in [0, 0.1) is 0 Å². The Morgan fingerprint density at radius 2 is 2.30 bits per heavy atom. The van der Waals surface area contributed by atoms with Crippen LogP contribution in [0.4, 0.5) is 0 Å². The lowest BCUT2D eigenvalue weighted by Crippen LogP contribution is -2.43. The smallest absolute Gasteiger partial charge is 0.124 e. The molecule has 2 heterocycles. The summed E-state index contributed by atoms with van der Waals surface area (Å²) >= 11 is 0. The summed E-state index contributed by atoms with van der Waals surface area (Å²) in [5, 5.41) is 3.45. The summed E-state index contributed by atoms with van der Waals surface area (Å²) in [5.41, 5.74) is 2.83. The SMILES string of the molecule is CCN1CCCCC1COc1cccc2c1CNCC2. The Bertz CT molecular complexity index is 447. The summed E-state index contributed by atoms with van der Waals surface area (Å²) in [5.74, 6) is 1.09. The Kier molecular flexibility index (Phi) is 4.58. The number of nitrogens with one attached hydrogen (secondary N) is 1. The van der Waals surface area contributed by atoms with E-state index in [-0.39, 0.29) is 0 Å². The van der Waals surface area contributed by atoms with Gasteiger partial charge in [-0.3, -0.25) is 4.90 Å². The quantitative estimate of drug-likeness (QED) is 0.913. The molecule has 110 valence electrons. The Balaban J connectivity index is 1.66. The Morgan fingerprint density at radius 1 is 1.35 bits per heavy atom. The van der Waals surface area contributed by atoms with Crippen molar-refractivity contribution in [3.63, 3.8) is 0 Å². The third-order valence-electron chi connectivity index (χ3n) is 4.69. The highest BCUT2D eigenvalue weighted by molar-refractivity contribution is 5.41. The summed E-state index contributed by atoms with van der Waals surface area (Å²) < 4.78 is 6.19. The van der Waals surface area contributed by atoms with Crippen LogP contribution in [0.5, 0.6) is 5.75 Å². The van der Waals surface area contributed by atoms with Gasteiger partial charge in [0.25, 0.3) is 0 Å². The standard InChI is InChI=1S/C17H26N2O/c1-2-19-11-4-3-7-15(19)13-20-17-8-5-6-14-9-10-18-12-16(14)17/h5-6,8,15,18H,2-4,7,9-13H2,1H3. The lowest BCUT2D eigenvalue weighted by atomic mass is 10.00. The van der Waals surface area contributed by atoms with E-state index in [2.05, 4.69) is 35.3 Å². The zero-order valence-electron chi connectivity index (χ0n) is 12.5. The first kappa shape index (κ1) is 13.9. The van der Waals surface area contributed by atoms with Gasteiger partial charge < -0.3 is 10.1 Å². The van der Waals surface area contributed by atoms with E-state index >= 15 is 0 Å². The minimum Gasteiger partial charge on any atom is -0.492 e. The molecule has 2 aliphatic rings. The number of rotatable bonds is 4.